The highest BCUT2D eigenvalue weighted by Gasteiger charge is 2.55. The van der Waals surface area contributed by atoms with Gasteiger partial charge in [0.1, 0.15) is 17.9 Å². The van der Waals surface area contributed by atoms with Gasteiger partial charge >= 0.3 is 11.7 Å². The van der Waals surface area contributed by atoms with Crippen LogP contribution in [0.4, 0.5) is 0 Å². The molecule has 1 N–H and O–H groups in total. The highest BCUT2D eigenvalue weighted by molar-refractivity contribution is 5.87. The Kier molecular flexibility index (Phi) is 3.78. The summed E-state index contributed by atoms with van der Waals surface area (Å²) >= 11 is 0. The monoisotopic (exact) mass is 342 g/mol. The lowest BCUT2D eigenvalue weighted by atomic mass is 10.1. The van der Waals surface area contributed by atoms with E-state index in [1.54, 1.807) is 20.8 Å². The molecule has 2 aliphatic rings. The number of carbonyl (C=O) groups excluding carboxylic acids is 1. The molecule has 0 radical (unpaired) electrons. The van der Waals surface area contributed by atoms with E-state index in [1.165, 1.54) is 0 Å². The van der Waals surface area contributed by atoms with Crippen LogP contribution in [0.2, 0.25) is 0 Å². The molecule has 0 bridgehead atoms. The maximum atomic E-state index is 12.4. The minimum atomic E-state index is -1.02. The number of H-pyrrole nitrogens is 1. The number of carbonyl (C=O) groups is 1. The van der Waals surface area contributed by atoms with Gasteiger partial charge in [-0.1, -0.05) is 0 Å². The van der Waals surface area contributed by atoms with Crippen molar-refractivity contribution in [1.82, 2.24) is 9.55 Å². The first-order chi connectivity index (χ1) is 11.8. The van der Waals surface area contributed by atoms with E-state index < -0.39 is 47.5 Å². The number of aromatic nitrogens is 2. The van der Waals surface area contributed by atoms with Gasteiger partial charge < -0.3 is 18.9 Å². The molecule has 9 nitrogen and oxygen atoms in total. The van der Waals surface area contributed by atoms with Gasteiger partial charge in [-0.25, -0.2) is 9.59 Å². The molecule has 2 saturated heterocycles. The first kappa shape index (κ1) is 15.6. The molecule has 2 fully saturated rings. The number of aromatic amines is 1. The van der Waals surface area contributed by atoms with E-state index in [-0.39, 0.29) is 19.2 Å². The Bertz CT molecular complexity index is 787. The largest absolute Gasteiger partial charge is 0.461 e. The molecule has 0 aromatic carbocycles. The summed E-state index contributed by atoms with van der Waals surface area (Å²) in [6.45, 7) is 5.02. The van der Waals surface area contributed by atoms with E-state index in [4.69, 9.17) is 20.3 Å². The minimum Gasteiger partial charge on any atom is -0.461 e. The molecule has 1 aromatic rings. The molecule has 0 spiro atoms. The van der Waals surface area contributed by atoms with Gasteiger partial charge in [0.2, 0.25) is 0 Å². The van der Waals surface area contributed by atoms with Crippen LogP contribution in [0.3, 0.4) is 0 Å². The van der Waals surface area contributed by atoms with Crippen LogP contribution in [0.25, 0.3) is 0 Å². The second-order valence-electron chi connectivity index (χ2n) is 6.04. The molecule has 132 valence electrons. The average molecular weight is 342 g/mol. The zero-order chi connectivity index (χ0) is 18.4. The number of fused-ring (bicyclic) bond motifs is 1. The number of ether oxygens (including phenoxy) is 4. The van der Waals surface area contributed by atoms with E-state index in [0.29, 0.717) is 0 Å². The van der Waals surface area contributed by atoms with Crippen molar-refractivity contribution in [2.45, 2.75) is 58.0 Å². The Morgan fingerprint density at radius 1 is 1.42 bits per heavy atom. The Hall–Kier alpha value is -1.97. The Morgan fingerprint density at radius 2 is 2.12 bits per heavy atom. The third kappa shape index (κ3) is 2.79. The lowest BCUT2D eigenvalue weighted by Crippen LogP contribution is -2.41. The van der Waals surface area contributed by atoms with Crippen molar-refractivity contribution < 1.29 is 25.1 Å². The predicted molar refractivity (Wildman–Crippen MR) is 80.7 cm³/mol. The maximum Gasteiger partial charge on any atom is 0.355 e. The van der Waals surface area contributed by atoms with Crippen LogP contribution in [0.15, 0.2) is 15.7 Å². The van der Waals surface area contributed by atoms with Crippen LogP contribution >= 0.6 is 0 Å². The van der Waals surface area contributed by atoms with Gasteiger partial charge in [-0.05, 0) is 27.7 Å². The first-order valence-electron chi connectivity index (χ1n) is 8.31. The molecule has 24 heavy (non-hydrogen) atoms. The van der Waals surface area contributed by atoms with E-state index in [0.717, 1.165) is 10.6 Å². The fourth-order valence-electron chi connectivity index (χ4n) is 2.99. The number of hydrogen-bond acceptors (Lipinski definition) is 7. The van der Waals surface area contributed by atoms with Crippen LogP contribution in [0, 0.1) is 0 Å². The molecule has 2 aliphatic heterocycles. The Morgan fingerprint density at radius 3 is 2.79 bits per heavy atom. The fraction of sp³-hybridized carbons (Fsp3) is 0.667. The summed E-state index contributed by atoms with van der Waals surface area (Å²) in [5, 5.41) is 0. The molecule has 3 rings (SSSR count). The summed E-state index contributed by atoms with van der Waals surface area (Å²) in [5.74, 6) is -1.74. The molecule has 0 saturated carbocycles. The van der Waals surface area contributed by atoms with Gasteiger partial charge in [0.25, 0.3) is 5.56 Å². The van der Waals surface area contributed by atoms with Crippen LogP contribution in [0.5, 0.6) is 0 Å². The second-order valence-corrected chi connectivity index (χ2v) is 6.04. The molecule has 1 unspecified atom stereocenters. The molecule has 1 aromatic heterocycles. The van der Waals surface area contributed by atoms with Crippen LogP contribution in [-0.4, -0.2) is 46.2 Å². The van der Waals surface area contributed by atoms with Crippen molar-refractivity contribution in [1.29, 1.82) is 0 Å². The smallest absolute Gasteiger partial charge is 0.355 e. The molecule has 0 aliphatic carbocycles. The van der Waals surface area contributed by atoms with Crippen molar-refractivity contribution in [3.05, 3.63) is 32.6 Å². The molecule has 9 heteroatoms. The standard InChI is InChI=1S/C15H20N2O7/c1-5-21-13(19)8-6-9(18)16-14(20)17(8)12-11-10(7(2)22-12)23-15(3,4)24-11/h6-7,10-12H,5H2,1-4H3,(H,16,18,20)/t7-,10+,11?,12-/m1/s1/i2T. The summed E-state index contributed by atoms with van der Waals surface area (Å²) in [4.78, 5) is 38.3. The van der Waals surface area contributed by atoms with Gasteiger partial charge in [0, 0.05) is 7.44 Å². The van der Waals surface area contributed by atoms with Crippen LogP contribution in [0.1, 0.15) is 45.8 Å². The summed E-state index contributed by atoms with van der Waals surface area (Å²) in [6.07, 6.45) is -2.93. The zero-order valence-electron chi connectivity index (χ0n) is 14.6. The number of nitrogens with zero attached hydrogens (tertiary/aromatic N) is 1. The number of hydrogen-bond donors (Lipinski definition) is 1. The normalized spacial score (nSPS) is 31.5. The van der Waals surface area contributed by atoms with Crippen LogP contribution < -0.4 is 11.2 Å². The van der Waals surface area contributed by atoms with Crippen molar-refractivity contribution >= 4 is 5.97 Å². The van der Waals surface area contributed by atoms with Crippen molar-refractivity contribution in [3.63, 3.8) is 0 Å². The maximum absolute atomic E-state index is 12.4. The van der Waals surface area contributed by atoms with E-state index in [9.17, 15) is 14.4 Å². The molecular weight excluding hydrogens is 320 g/mol. The average Bonchev–Trinajstić information content (AvgIpc) is 3.00. The lowest BCUT2D eigenvalue weighted by Gasteiger charge is -2.25. The quantitative estimate of drug-likeness (QED) is 0.779. The van der Waals surface area contributed by atoms with Crippen molar-refractivity contribution in [2.75, 3.05) is 6.61 Å². The summed E-state index contributed by atoms with van der Waals surface area (Å²) in [6, 6.07) is 0.979. The number of rotatable bonds is 3. The fourth-order valence-corrected chi connectivity index (χ4v) is 2.99. The zero-order valence-corrected chi connectivity index (χ0v) is 13.6. The molecule has 0 amide bonds. The topological polar surface area (TPSA) is 109 Å². The summed E-state index contributed by atoms with van der Waals surface area (Å²) in [5.41, 5.74) is -1.78. The lowest BCUT2D eigenvalue weighted by molar-refractivity contribution is -0.195. The van der Waals surface area contributed by atoms with E-state index in [2.05, 4.69) is 4.98 Å². The molecule has 4 atom stereocenters. The van der Waals surface area contributed by atoms with E-state index in [1.807, 2.05) is 0 Å². The third-order valence-electron chi connectivity index (χ3n) is 3.84. The van der Waals surface area contributed by atoms with Crippen molar-refractivity contribution in [3.8, 4) is 0 Å². The van der Waals surface area contributed by atoms with Crippen LogP contribution in [-0.2, 0) is 18.9 Å². The summed E-state index contributed by atoms with van der Waals surface area (Å²) < 4.78 is 30.9. The van der Waals surface area contributed by atoms with Gasteiger partial charge in [0.15, 0.2) is 12.0 Å². The van der Waals surface area contributed by atoms with E-state index >= 15 is 0 Å². The van der Waals surface area contributed by atoms with Gasteiger partial charge in [-0.2, -0.15) is 0 Å². The third-order valence-corrected chi connectivity index (χ3v) is 3.84. The Balaban J connectivity index is 2.08. The second kappa shape index (κ2) is 5.83. The van der Waals surface area contributed by atoms with Crippen molar-refractivity contribution in [2.24, 2.45) is 0 Å². The SMILES string of the molecule is [3H]C[C@H]1O[C@@H](n2c(C(=O)OCC)cc(=O)[nH]c2=O)C2OC(C)(C)O[C@H]21. The highest BCUT2D eigenvalue weighted by atomic mass is 16.8. The Labute approximate surface area is 138 Å². The summed E-state index contributed by atoms with van der Waals surface area (Å²) in [7, 11) is 0. The minimum absolute atomic E-state index is 0.0827. The number of esters is 1. The molecule has 3 heterocycles. The predicted octanol–water partition coefficient (Wildman–Crippen LogP) is 0.151. The van der Waals surface area contributed by atoms with Gasteiger partial charge in [-0.3, -0.25) is 14.3 Å². The molecular formula is C15H20N2O7. The van der Waals surface area contributed by atoms with Gasteiger partial charge in [-0.15, -0.1) is 0 Å². The number of nitrogens with one attached hydrogen (secondary N) is 1. The van der Waals surface area contributed by atoms with Gasteiger partial charge in [0.05, 0.1) is 12.7 Å². The first-order valence-corrected chi connectivity index (χ1v) is 7.60. The highest BCUT2D eigenvalue weighted by Crippen LogP contribution is 2.42.